The molecule has 68 heavy (non-hydrogen) atoms. The van der Waals surface area contributed by atoms with Gasteiger partial charge in [0.1, 0.15) is 33.9 Å². The fraction of sp³-hybridized carbons (Fsp3) is 0.512. The van der Waals surface area contributed by atoms with Gasteiger partial charge in [0.2, 0.25) is 0 Å². The molecule has 0 aliphatic carbocycles. The van der Waals surface area contributed by atoms with Gasteiger partial charge in [-0.3, -0.25) is 0 Å². The number of hydrogen-bond acceptors (Lipinski definition) is 4. The van der Waals surface area contributed by atoms with Crippen LogP contribution in [0.1, 0.15) is 115 Å². The summed E-state index contributed by atoms with van der Waals surface area (Å²) in [7, 11) is -20.3. The molecule has 0 aliphatic heterocycles. The number of pyridine rings is 3. The van der Waals surface area contributed by atoms with Gasteiger partial charge in [0.05, 0.1) is 30.5 Å². The monoisotopic (exact) mass is 1390 g/mol. The van der Waals surface area contributed by atoms with Crippen molar-refractivity contribution >= 4 is 83.4 Å². The Balaban J connectivity index is 0.00000227. The quantitative estimate of drug-likeness (QED) is 0.0250. The number of halogens is 16. The zero-order valence-electron chi connectivity index (χ0n) is 38.1. The van der Waals surface area contributed by atoms with E-state index in [-0.39, 0.29) is 12.4 Å². The van der Waals surface area contributed by atoms with E-state index in [1.807, 2.05) is 0 Å². The van der Waals surface area contributed by atoms with Crippen LogP contribution in [0.5, 0.6) is 17.2 Å². The zero-order valence-corrected chi connectivity index (χ0v) is 47.1. The average Bonchev–Trinajstić information content (AvgIpc) is 3.19. The van der Waals surface area contributed by atoms with Gasteiger partial charge >= 0.3 is 66.0 Å². The van der Waals surface area contributed by atoms with Crippen LogP contribution in [-0.4, -0.2) is 32.0 Å². The first kappa shape index (κ1) is 66.5. The van der Waals surface area contributed by atoms with E-state index in [0.717, 1.165) is 79.6 Å². The van der Waals surface area contributed by atoms with Crippen molar-refractivity contribution in [2.24, 2.45) is 0 Å². The summed E-state index contributed by atoms with van der Waals surface area (Å²) in [6.07, 6.45) is 26.8. The van der Waals surface area contributed by atoms with Crippen molar-refractivity contribution in [1.82, 2.24) is 0 Å². The summed E-state index contributed by atoms with van der Waals surface area (Å²) in [6, 6.07) is 12.8. The van der Waals surface area contributed by atoms with Crippen LogP contribution in [0, 0.1) is 10.7 Å². The Hall–Kier alpha value is -1.47. The number of aliphatic hydroxyl groups excluding tert-OH is 1. The van der Waals surface area contributed by atoms with Crippen LogP contribution in [0.25, 0.3) is 0 Å². The summed E-state index contributed by atoms with van der Waals surface area (Å²) in [6.45, 7) is 10.6. The maximum atomic E-state index is 9.87. The number of ether oxygens (including phenoxy) is 3. The first-order chi connectivity index (χ1) is 30.8. The fourth-order valence-electron chi connectivity index (χ4n) is 6.23. The molecule has 0 atom stereocenters. The molecule has 3 heterocycles. The van der Waals surface area contributed by atoms with Gasteiger partial charge in [-0.25, -0.2) is 0 Å². The summed E-state index contributed by atoms with van der Waals surface area (Å²) in [5, 5.41) is 7.00. The van der Waals surface area contributed by atoms with E-state index in [2.05, 4.69) is 176 Å². The van der Waals surface area contributed by atoms with E-state index in [1.54, 1.807) is 0 Å². The molecular weight excluding hydrogens is 1330 g/mol. The van der Waals surface area contributed by atoms with E-state index in [0.29, 0.717) is 39.5 Å². The summed E-state index contributed by atoms with van der Waals surface area (Å²) in [5.41, 5.74) is 3.27. The first-order valence-corrected chi connectivity index (χ1v) is 28.7. The smallest absolute Gasteiger partial charge is 1.00 e. The SMILES string of the molecule is CCCCCCOc1c(C[n+]2cccc(I)c2)c(OCCCCCC)c(C[n+]2cccc(I)c2)c(OCCCCCC)c1C[n+]1cccc(I)c1.CO.F[P-](F)(F)(F)(F)F.F[P-](F)(F)(F)(F)F.[Cl-]. The first-order valence-electron chi connectivity index (χ1n) is 21.4. The van der Waals surface area contributed by atoms with Crippen molar-refractivity contribution in [2.45, 2.75) is 117 Å². The van der Waals surface area contributed by atoms with Gasteiger partial charge < -0.3 is 31.7 Å². The topological polar surface area (TPSA) is 59.6 Å². The van der Waals surface area contributed by atoms with Gasteiger partial charge in [0, 0.05) is 25.3 Å². The van der Waals surface area contributed by atoms with Gasteiger partial charge in [-0.15, -0.1) is 0 Å². The number of hydrogen-bond donors (Lipinski definition) is 1. The zero-order chi connectivity index (χ0) is 51.1. The molecule has 394 valence electrons. The number of aromatic nitrogens is 3. The van der Waals surface area contributed by atoms with Gasteiger partial charge in [-0.1, -0.05) is 78.6 Å². The minimum atomic E-state index is -10.7. The Morgan fingerprint density at radius 2 is 0.647 bits per heavy atom. The third-order valence-corrected chi connectivity index (χ3v) is 10.8. The average molecular weight is 1390 g/mol. The second kappa shape index (κ2) is 28.7. The Morgan fingerprint density at radius 1 is 0.426 bits per heavy atom. The van der Waals surface area contributed by atoms with E-state index in [1.165, 1.54) is 49.2 Å². The maximum Gasteiger partial charge on any atom is -1.00 e. The molecule has 25 heteroatoms. The Kier molecular flexibility index (Phi) is 28.1. The van der Waals surface area contributed by atoms with Crippen LogP contribution in [0.15, 0.2) is 73.6 Å². The molecule has 0 amide bonds. The minimum Gasteiger partial charge on any atom is -1.00 e. The number of rotatable bonds is 24. The molecule has 4 aromatic rings. The van der Waals surface area contributed by atoms with Crippen LogP contribution < -0.4 is 40.3 Å². The molecule has 0 unspecified atom stereocenters. The number of aliphatic hydroxyl groups is 1. The van der Waals surface area contributed by atoms with Crippen molar-refractivity contribution in [2.75, 3.05) is 26.9 Å². The molecule has 0 radical (unpaired) electrons. The Bertz CT molecular complexity index is 1860. The van der Waals surface area contributed by atoms with Crippen LogP contribution >= 0.6 is 83.4 Å². The summed E-state index contributed by atoms with van der Waals surface area (Å²) in [5.74, 6) is 2.73. The van der Waals surface area contributed by atoms with Gasteiger partial charge in [-0.2, -0.15) is 13.7 Å². The van der Waals surface area contributed by atoms with E-state index >= 15 is 0 Å². The molecule has 0 bridgehead atoms. The number of nitrogens with zero attached hydrogens (tertiary/aromatic N) is 3. The Morgan fingerprint density at radius 3 is 0.838 bits per heavy atom. The molecule has 0 fully saturated rings. The van der Waals surface area contributed by atoms with Crippen molar-refractivity contribution in [3.05, 3.63) is 101 Å². The molecule has 0 saturated heterocycles. The minimum absolute atomic E-state index is 0. The largest absolute Gasteiger partial charge is 1.00 e. The molecule has 4 rings (SSSR count). The summed E-state index contributed by atoms with van der Waals surface area (Å²) < 4.78 is 150. The van der Waals surface area contributed by atoms with Crippen molar-refractivity contribution < 1.29 is 95.8 Å². The summed E-state index contributed by atoms with van der Waals surface area (Å²) >= 11 is 7.21. The second-order valence-corrected chi connectivity index (χ2v) is 22.7. The predicted molar refractivity (Wildman–Crippen MR) is 266 cm³/mol. The van der Waals surface area contributed by atoms with Crippen molar-refractivity contribution in [3.63, 3.8) is 0 Å². The van der Waals surface area contributed by atoms with Crippen LogP contribution in [-0.2, 0) is 19.6 Å². The molecule has 1 aromatic carbocycles. The standard InChI is InChI=1S/C42H57I3N3O3.CH4O.ClH.2F6P/c1-4-7-10-13-25-49-40-37(31-46-22-16-19-34(43)28-46)41(50-26-14-11-8-5-2)39(33-48-24-18-21-36(45)30-48)42(51-27-15-12-9-6-3)38(40)32-47-23-17-20-35(44)29-47;1-2;;2*1-7(2,3,4,5)6/h16-24,28-30H,4-15,25-27,31-33H2,1-3H3;2H,1H3;1H;;/q+3;;;2*-1/p-1. The van der Waals surface area contributed by atoms with E-state index in [4.69, 9.17) is 19.3 Å². The van der Waals surface area contributed by atoms with Crippen molar-refractivity contribution in [3.8, 4) is 17.2 Å². The third-order valence-electron chi connectivity index (χ3n) is 8.87. The third kappa shape index (κ3) is 35.6. The van der Waals surface area contributed by atoms with Crippen LogP contribution in [0.3, 0.4) is 0 Å². The fourth-order valence-corrected chi connectivity index (χ4v) is 7.93. The van der Waals surface area contributed by atoms with Gasteiger partial charge in [0.15, 0.2) is 56.8 Å². The predicted octanol–water partition coefficient (Wildman–Crippen LogP) is 13.8. The van der Waals surface area contributed by atoms with E-state index in [9.17, 15) is 50.4 Å². The maximum absolute atomic E-state index is 10.7. The number of unbranched alkanes of at least 4 members (excludes halogenated alkanes) is 9. The number of benzene rings is 1. The molecule has 0 saturated carbocycles. The van der Waals surface area contributed by atoms with Crippen molar-refractivity contribution in [1.29, 1.82) is 0 Å². The summed E-state index contributed by atoms with van der Waals surface area (Å²) in [4.78, 5) is 0. The second-order valence-electron chi connectivity index (χ2n) is 15.2. The molecule has 0 aliphatic rings. The normalized spacial score (nSPS) is 13.2. The van der Waals surface area contributed by atoms with E-state index < -0.39 is 15.6 Å². The molecular formula is C43H61ClF12I3N3O4P2. The van der Waals surface area contributed by atoms with Gasteiger partial charge in [-0.05, 0) is 105 Å². The molecule has 0 spiro atoms. The Labute approximate surface area is 438 Å². The van der Waals surface area contributed by atoms with Gasteiger partial charge in [0.25, 0.3) is 0 Å². The van der Waals surface area contributed by atoms with Crippen LogP contribution in [0.4, 0.5) is 50.4 Å². The van der Waals surface area contributed by atoms with Crippen LogP contribution in [0.2, 0.25) is 0 Å². The molecule has 7 nitrogen and oxygen atoms in total. The molecule has 3 aromatic heterocycles. The molecule has 1 N–H and O–H groups in total.